The Labute approximate surface area is 217 Å². The molecule has 0 aliphatic carbocycles. The van der Waals surface area contributed by atoms with E-state index >= 15 is 0 Å². The maximum absolute atomic E-state index is 13.6. The first-order chi connectivity index (χ1) is 18.1. The molecule has 0 saturated carbocycles. The maximum atomic E-state index is 13.6. The summed E-state index contributed by atoms with van der Waals surface area (Å²) in [4.78, 5) is 29.6. The molecule has 16 heteroatoms. The molecule has 0 aliphatic rings. The predicted octanol–water partition coefficient (Wildman–Crippen LogP) is 1.45. The average molecular weight is 549 g/mol. The number of nitro groups is 1. The second-order valence-corrected chi connectivity index (χ2v) is 9.73. The predicted molar refractivity (Wildman–Crippen MR) is 137 cm³/mol. The van der Waals surface area contributed by atoms with E-state index in [1.54, 1.807) is 0 Å². The second-order valence-electron chi connectivity index (χ2n) is 7.90. The molecule has 2 unspecified atom stereocenters. The summed E-state index contributed by atoms with van der Waals surface area (Å²) in [5, 5.41) is 24.4. The molecule has 0 bridgehead atoms. The number of aliphatic hydroxyl groups is 1. The van der Waals surface area contributed by atoms with Gasteiger partial charge in [-0.05, 0) is 22.6 Å². The minimum Gasteiger partial charge on any atom is -0.390 e. The molecule has 0 radical (unpaired) electrons. The van der Waals surface area contributed by atoms with Crippen molar-refractivity contribution >= 4 is 25.7 Å². The number of hydrogen-bond donors (Lipinski definition) is 3. The Kier molecular flexibility index (Phi) is 10.0. The highest BCUT2D eigenvalue weighted by Gasteiger charge is 2.30. The van der Waals surface area contributed by atoms with Crippen molar-refractivity contribution in [3.63, 3.8) is 0 Å². The van der Waals surface area contributed by atoms with Crippen LogP contribution in [0.5, 0.6) is 0 Å². The summed E-state index contributed by atoms with van der Waals surface area (Å²) in [5.74, 6) is -0.343. The Morgan fingerprint density at radius 2 is 2.03 bits per heavy atom. The number of imidazole rings is 1. The molecule has 4 N–H and O–H groups in total. The van der Waals surface area contributed by atoms with E-state index in [9.17, 15) is 24.6 Å². The summed E-state index contributed by atoms with van der Waals surface area (Å²) in [6.07, 6.45) is 2.90. The second kappa shape index (κ2) is 13.2. The molecule has 2 heterocycles. The van der Waals surface area contributed by atoms with Gasteiger partial charge in [-0.25, -0.2) is 19.0 Å². The molecular formula is C22H28N7O8P. The fourth-order valence-electron chi connectivity index (χ4n) is 3.12. The fourth-order valence-corrected chi connectivity index (χ4v) is 4.40. The maximum Gasteiger partial charge on any atom is 0.434 e. The van der Waals surface area contributed by atoms with Crippen molar-refractivity contribution in [2.24, 2.45) is 7.05 Å². The van der Waals surface area contributed by atoms with E-state index in [2.05, 4.69) is 15.1 Å². The zero-order chi connectivity index (χ0) is 27.7. The Hall–Kier alpha value is -3.72. The largest absolute Gasteiger partial charge is 0.434 e. The molecule has 0 aliphatic heterocycles. The van der Waals surface area contributed by atoms with Gasteiger partial charge in [0.1, 0.15) is 36.5 Å². The van der Waals surface area contributed by atoms with Crippen LogP contribution in [0.25, 0.3) is 6.20 Å². The number of nitrogen functional groups attached to an aromatic ring is 1. The van der Waals surface area contributed by atoms with Gasteiger partial charge in [0.25, 0.3) is 0 Å². The number of methoxy groups -OCH3 is 1. The summed E-state index contributed by atoms with van der Waals surface area (Å²) >= 11 is 0. The van der Waals surface area contributed by atoms with Crippen LogP contribution in [0.4, 0.5) is 11.8 Å². The van der Waals surface area contributed by atoms with Crippen LogP contribution in [0.1, 0.15) is 11.3 Å². The van der Waals surface area contributed by atoms with Gasteiger partial charge in [0, 0.05) is 26.1 Å². The normalized spacial score (nSPS) is 14.8. The molecule has 0 fully saturated rings. The highest BCUT2D eigenvalue weighted by molar-refractivity contribution is 7.51. The van der Waals surface area contributed by atoms with Crippen molar-refractivity contribution in [2.45, 2.75) is 25.4 Å². The van der Waals surface area contributed by atoms with Crippen LogP contribution in [0.2, 0.25) is 0 Å². The SMILES string of the molecule is COC(COP(=O)(NCc1ccccc1)OCc1cnc([N+](=O)[O-])n1C)[C@H](O)/C=C/n1ccc(N)nc1=O. The molecule has 0 spiro atoms. The third-order valence-electron chi connectivity index (χ3n) is 5.31. The number of rotatable bonds is 14. The number of benzene rings is 1. The van der Waals surface area contributed by atoms with E-state index in [4.69, 9.17) is 19.5 Å². The number of hydrogen-bond acceptors (Lipinski definition) is 11. The minimum atomic E-state index is -4.04. The molecule has 204 valence electrons. The highest BCUT2D eigenvalue weighted by Crippen LogP contribution is 2.45. The first-order valence-electron chi connectivity index (χ1n) is 11.2. The molecule has 15 nitrogen and oxygen atoms in total. The monoisotopic (exact) mass is 549 g/mol. The van der Waals surface area contributed by atoms with Crippen LogP contribution in [0, 0.1) is 10.1 Å². The lowest BCUT2D eigenvalue weighted by molar-refractivity contribution is -0.396. The number of aliphatic hydroxyl groups excluding tert-OH is 1. The van der Waals surface area contributed by atoms with Gasteiger partial charge in [-0.3, -0.25) is 13.6 Å². The molecule has 3 atom stereocenters. The molecular weight excluding hydrogens is 521 g/mol. The smallest absolute Gasteiger partial charge is 0.390 e. The molecule has 0 amide bonds. The first-order valence-corrected chi connectivity index (χ1v) is 12.7. The van der Waals surface area contributed by atoms with Gasteiger partial charge in [0.2, 0.25) is 0 Å². The van der Waals surface area contributed by atoms with Crippen molar-refractivity contribution in [3.05, 3.63) is 86.7 Å². The molecule has 3 aromatic rings. The van der Waals surface area contributed by atoms with Gasteiger partial charge in [0.15, 0.2) is 0 Å². The van der Waals surface area contributed by atoms with Crippen LogP contribution < -0.4 is 16.5 Å². The molecule has 1 aromatic carbocycles. The topological polar surface area (TPSA) is 199 Å². The summed E-state index contributed by atoms with van der Waals surface area (Å²) in [7, 11) is -1.29. The fraction of sp³-hybridized carbons (Fsp3) is 0.318. The van der Waals surface area contributed by atoms with Crippen LogP contribution >= 0.6 is 7.75 Å². The quantitative estimate of drug-likeness (QED) is 0.149. The van der Waals surface area contributed by atoms with E-state index in [0.717, 1.165) is 10.1 Å². The molecule has 0 saturated heterocycles. The number of nitrogens with two attached hydrogens (primary N) is 1. The van der Waals surface area contributed by atoms with Gasteiger partial charge >= 0.3 is 19.4 Å². The summed E-state index contributed by atoms with van der Waals surface area (Å²) in [6.45, 7) is -0.568. The zero-order valence-corrected chi connectivity index (χ0v) is 21.5. The van der Waals surface area contributed by atoms with Crippen molar-refractivity contribution in [3.8, 4) is 0 Å². The van der Waals surface area contributed by atoms with Crippen molar-refractivity contribution < 1.29 is 28.4 Å². The van der Waals surface area contributed by atoms with E-state index in [1.807, 2.05) is 30.3 Å². The highest BCUT2D eigenvalue weighted by atomic mass is 31.2. The summed E-state index contributed by atoms with van der Waals surface area (Å²) in [5.41, 5.74) is 5.91. The summed E-state index contributed by atoms with van der Waals surface area (Å²) in [6, 6.07) is 10.5. The van der Waals surface area contributed by atoms with E-state index < -0.39 is 36.5 Å². The Morgan fingerprint density at radius 1 is 1.29 bits per heavy atom. The minimum absolute atomic E-state index is 0.0582. The van der Waals surface area contributed by atoms with Gasteiger partial charge in [-0.1, -0.05) is 35.3 Å². The first kappa shape index (κ1) is 28.8. The van der Waals surface area contributed by atoms with Gasteiger partial charge < -0.3 is 25.7 Å². The lowest BCUT2D eigenvalue weighted by Crippen LogP contribution is -2.32. The van der Waals surface area contributed by atoms with Crippen molar-refractivity contribution in [1.82, 2.24) is 24.2 Å². The van der Waals surface area contributed by atoms with Crippen molar-refractivity contribution in [2.75, 3.05) is 19.5 Å². The van der Waals surface area contributed by atoms with Crippen LogP contribution in [-0.4, -0.2) is 55.1 Å². The van der Waals surface area contributed by atoms with E-state index in [1.165, 1.54) is 49.5 Å². The summed E-state index contributed by atoms with van der Waals surface area (Å²) < 4.78 is 32.3. The van der Waals surface area contributed by atoms with Crippen LogP contribution in [0.15, 0.2) is 59.7 Å². The Balaban J connectivity index is 1.71. The van der Waals surface area contributed by atoms with Crippen molar-refractivity contribution in [1.29, 1.82) is 0 Å². The van der Waals surface area contributed by atoms with Gasteiger partial charge in [-0.2, -0.15) is 4.98 Å². The Morgan fingerprint density at radius 3 is 2.66 bits per heavy atom. The number of aromatic nitrogens is 4. The number of ether oxygens (including phenoxy) is 1. The lowest BCUT2D eigenvalue weighted by Gasteiger charge is -2.24. The molecule has 2 aromatic heterocycles. The molecule has 3 rings (SSSR count). The lowest BCUT2D eigenvalue weighted by atomic mass is 10.2. The third kappa shape index (κ3) is 7.89. The number of nitrogens with one attached hydrogen (secondary N) is 1. The van der Waals surface area contributed by atoms with E-state index in [0.29, 0.717) is 0 Å². The Bertz CT molecular complexity index is 1360. The van der Waals surface area contributed by atoms with Crippen LogP contribution in [0.3, 0.4) is 0 Å². The third-order valence-corrected chi connectivity index (χ3v) is 6.82. The van der Waals surface area contributed by atoms with Gasteiger partial charge in [-0.15, -0.1) is 0 Å². The number of anilines is 1. The zero-order valence-electron chi connectivity index (χ0n) is 20.6. The standard InChI is InChI=1S/C22H28N7O8P/c1-27-17(13-24-21(27)29(32)33)14-36-38(34,25-12-16-6-4-3-5-7-16)37-15-19(35-2)18(30)8-10-28-11-9-20(23)26-22(28)31/h3-11,13,18-19,30H,12,14-15H2,1-2H3,(H,25,34)(H2,23,26,31)/b10-8+/t18-,19?,38?/m1/s1. The number of nitrogens with zero attached hydrogens (tertiary/aromatic N) is 5. The van der Waals surface area contributed by atoms with E-state index in [-0.39, 0.29) is 31.3 Å². The average Bonchev–Trinajstić information content (AvgIpc) is 3.27. The molecule has 38 heavy (non-hydrogen) atoms. The van der Waals surface area contributed by atoms with Gasteiger partial charge in [0.05, 0.1) is 13.7 Å². The van der Waals surface area contributed by atoms with Crippen LogP contribution in [-0.2, 0) is 38.5 Å².